The Morgan fingerprint density at radius 2 is 2.06 bits per heavy atom. The molecule has 5 nitrogen and oxygen atoms in total. The molecular formula is C12H13NO4. The number of hydrogen-bond donors (Lipinski definition) is 1. The summed E-state index contributed by atoms with van der Waals surface area (Å²) in [5.41, 5.74) is 0.772. The van der Waals surface area contributed by atoms with E-state index in [-0.39, 0.29) is 5.69 Å². The lowest BCUT2D eigenvalue weighted by atomic mass is 9.96. The number of aliphatic carboxylic acids is 1. The van der Waals surface area contributed by atoms with E-state index in [1.165, 1.54) is 12.1 Å². The second kappa shape index (κ2) is 5.79. The highest BCUT2D eigenvalue weighted by Crippen LogP contribution is 2.17. The third kappa shape index (κ3) is 3.71. The summed E-state index contributed by atoms with van der Waals surface area (Å²) in [6.45, 7) is 3.51. The Morgan fingerprint density at radius 3 is 2.47 bits per heavy atom. The van der Waals surface area contributed by atoms with Crippen LogP contribution >= 0.6 is 0 Å². The Hall–Kier alpha value is -2.17. The summed E-state index contributed by atoms with van der Waals surface area (Å²) in [5, 5.41) is 19.4. The van der Waals surface area contributed by atoms with Crippen LogP contribution in [-0.4, -0.2) is 16.0 Å². The quantitative estimate of drug-likeness (QED) is 0.466. The number of carboxylic acid groups (broad SMARTS) is 1. The molecule has 0 spiro atoms. The van der Waals surface area contributed by atoms with Gasteiger partial charge in [0.1, 0.15) is 0 Å². The predicted molar refractivity (Wildman–Crippen MR) is 62.7 cm³/mol. The van der Waals surface area contributed by atoms with Crippen LogP contribution in [0.3, 0.4) is 0 Å². The van der Waals surface area contributed by atoms with Crippen LogP contribution in [0.4, 0.5) is 5.69 Å². The summed E-state index contributed by atoms with van der Waals surface area (Å²) in [5.74, 6) is -1.42. The first-order valence-electron chi connectivity index (χ1n) is 5.11. The summed E-state index contributed by atoms with van der Waals surface area (Å²) in [7, 11) is 0. The maximum Gasteiger partial charge on any atom is 0.307 e. The molecule has 0 saturated heterocycles. The Kier molecular flexibility index (Phi) is 4.39. The minimum absolute atomic E-state index is 0.00402. The van der Waals surface area contributed by atoms with Crippen LogP contribution in [0.15, 0.2) is 36.9 Å². The number of allylic oxidation sites excluding steroid dienone is 1. The largest absolute Gasteiger partial charge is 0.481 e. The fourth-order valence-electron chi connectivity index (χ4n) is 1.51. The third-order valence-electron chi connectivity index (χ3n) is 2.43. The van der Waals surface area contributed by atoms with Gasteiger partial charge in [-0.05, 0) is 18.4 Å². The van der Waals surface area contributed by atoms with Gasteiger partial charge in [-0.2, -0.15) is 0 Å². The van der Waals surface area contributed by atoms with E-state index in [1.807, 2.05) is 0 Å². The number of carbonyl (C=O) groups is 1. The Morgan fingerprint density at radius 1 is 1.47 bits per heavy atom. The smallest absolute Gasteiger partial charge is 0.307 e. The fraction of sp³-hybridized carbons (Fsp3) is 0.250. The second-order valence-corrected chi connectivity index (χ2v) is 3.69. The number of rotatable bonds is 6. The molecule has 1 rings (SSSR count). The van der Waals surface area contributed by atoms with Crippen molar-refractivity contribution in [2.45, 2.75) is 12.8 Å². The zero-order valence-electron chi connectivity index (χ0n) is 9.20. The maximum atomic E-state index is 10.9. The van der Waals surface area contributed by atoms with Crippen LogP contribution in [0.5, 0.6) is 0 Å². The SMILES string of the molecule is C=CCC(Cc1ccc([N+](=O)[O-])cc1)C(=O)O. The van der Waals surface area contributed by atoms with Crippen molar-refractivity contribution in [3.05, 3.63) is 52.6 Å². The van der Waals surface area contributed by atoms with Crippen LogP contribution < -0.4 is 0 Å². The first-order chi connectivity index (χ1) is 8.04. The van der Waals surface area contributed by atoms with E-state index in [0.29, 0.717) is 12.8 Å². The highest BCUT2D eigenvalue weighted by atomic mass is 16.6. The third-order valence-corrected chi connectivity index (χ3v) is 2.43. The van der Waals surface area contributed by atoms with E-state index < -0.39 is 16.8 Å². The highest BCUT2D eigenvalue weighted by Gasteiger charge is 2.16. The Bertz CT molecular complexity index is 425. The molecule has 0 bridgehead atoms. The highest BCUT2D eigenvalue weighted by molar-refractivity contribution is 5.70. The van der Waals surface area contributed by atoms with Gasteiger partial charge in [-0.25, -0.2) is 0 Å². The lowest BCUT2D eigenvalue weighted by molar-refractivity contribution is -0.384. The summed E-state index contributed by atoms with van der Waals surface area (Å²) >= 11 is 0. The van der Waals surface area contributed by atoms with Crippen LogP contribution in [0.2, 0.25) is 0 Å². The molecule has 0 amide bonds. The van der Waals surface area contributed by atoms with Gasteiger partial charge in [-0.1, -0.05) is 18.2 Å². The van der Waals surface area contributed by atoms with Crippen LogP contribution in [0.1, 0.15) is 12.0 Å². The minimum Gasteiger partial charge on any atom is -0.481 e. The van der Waals surface area contributed by atoms with Crippen molar-refractivity contribution in [2.24, 2.45) is 5.92 Å². The van der Waals surface area contributed by atoms with Crippen LogP contribution in [-0.2, 0) is 11.2 Å². The minimum atomic E-state index is -0.886. The van der Waals surface area contributed by atoms with E-state index in [9.17, 15) is 14.9 Å². The first-order valence-corrected chi connectivity index (χ1v) is 5.11. The summed E-state index contributed by atoms with van der Waals surface area (Å²) in [4.78, 5) is 20.9. The average Bonchev–Trinajstić information content (AvgIpc) is 2.29. The molecule has 0 fully saturated rings. The number of carboxylic acids is 1. The number of hydrogen-bond acceptors (Lipinski definition) is 3. The van der Waals surface area contributed by atoms with Crippen LogP contribution in [0, 0.1) is 16.0 Å². The van der Waals surface area contributed by atoms with Gasteiger partial charge in [0.25, 0.3) is 5.69 Å². The number of nitro benzene ring substituents is 1. The number of nitrogens with zero attached hydrogens (tertiary/aromatic N) is 1. The lowest BCUT2D eigenvalue weighted by Gasteiger charge is -2.09. The molecule has 1 unspecified atom stereocenters. The number of non-ortho nitro benzene ring substituents is 1. The molecule has 0 aliphatic carbocycles. The van der Waals surface area contributed by atoms with E-state index >= 15 is 0 Å². The molecule has 5 heteroatoms. The molecule has 1 N–H and O–H groups in total. The second-order valence-electron chi connectivity index (χ2n) is 3.69. The Balaban J connectivity index is 2.76. The molecule has 90 valence electrons. The van der Waals surface area contributed by atoms with Gasteiger partial charge < -0.3 is 5.11 Å². The molecular weight excluding hydrogens is 222 g/mol. The molecule has 0 aliphatic heterocycles. The fourth-order valence-corrected chi connectivity index (χ4v) is 1.51. The van der Waals surface area contributed by atoms with Gasteiger partial charge in [0.2, 0.25) is 0 Å². The molecule has 1 aromatic carbocycles. The van der Waals surface area contributed by atoms with Crippen molar-refractivity contribution in [3.63, 3.8) is 0 Å². The van der Waals surface area contributed by atoms with Crippen molar-refractivity contribution in [2.75, 3.05) is 0 Å². The van der Waals surface area contributed by atoms with Gasteiger partial charge in [0.15, 0.2) is 0 Å². The molecule has 0 radical (unpaired) electrons. The van der Waals surface area contributed by atoms with Crippen molar-refractivity contribution < 1.29 is 14.8 Å². The topological polar surface area (TPSA) is 80.4 Å². The summed E-state index contributed by atoms with van der Waals surface area (Å²) in [6, 6.07) is 5.92. The van der Waals surface area contributed by atoms with Crippen molar-refractivity contribution in [1.29, 1.82) is 0 Å². The zero-order valence-corrected chi connectivity index (χ0v) is 9.20. The number of nitro groups is 1. The molecule has 17 heavy (non-hydrogen) atoms. The van der Waals surface area contributed by atoms with Gasteiger partial charge in [-0.15, -0.1) is 6.58 Å². The maximum absolute atomic E-state index is 10.9. The van der Waals surface area contributed by atoms with Gasteiger partial charge in [0.05, 0.1) is 10.8 Å². The zero-order chi connectivity index (χ0) is 12.8. The van der Waals surface area contributed by atoms with Gasteiger partial charge >= 0.3 is 5.97 Å². The number of benzene rings is 1. The molecule has 0 saturated carbocycles. The molecule has 1 atom stereocenters. The normalized spacial score (nSPS) is 11.8. The van der Waals surface area contributed by atoms with Gasteiger partial charge in [-0.3, -0.25) is 14.9 Å². The summed E-state index contributed by atoms with van der Waals surface area (Å²) < 4.78 is 0. The van der Waals surface area contributed by atoms with E-state index in [2.05, 4.69) is 6.58 Å². The van der Waals surface area contributed by atoms with Crippen molar-refractivity contribution >= 4 is 11.7 Å². The predicted octanol–water partition coefficient (Wildman–Crippen LogP) is 2.41. The molecule has 0 aliphatic rings. The van der Waals surface area contributed by atoms with E-state index in [4.69, 9.17) is 5.11 Å². The lowest BCUT2D eigenvalue weighted by Crippen LogP contribution is -2.15. The standard InChI is InChI=1S/C12H13NO4/c1-2-3-10(12(14)15)8-9-4-6-11(7-5-9)13(16)17/h2,4-7,10H,1,3,8H2,(H,14,15). The van der Waals surface area contributed by atoms with E-state index in [1.54, 1.807) is 18.2 Å². The first kappa shape index (κ1) is 12.9. The van der Waals surface area contributed by atoms with Crippen molar-refractivity contribution in [1.82, 2.24) is 0 Å². The van der Waals surface area contributed by atoms with Gasteiger partial charge in [0, 0.05) is 12.1 Å². The monoisotopic (exact) mass is 235 g/mol. The van der Waals surface area contributed by atoms with Crippen molar-refractivity contribution in [3.8, 4) is 0 Å². The Labute approximate surface area is 98.5 Å². The molecule has 0 aromatic heterocycles. The average molecular weight is 235 g/mol. The summed E-state index contributed by atoms with van der Waals surface area (Å²) in [6.07, 6.45) is 2.29. The van der Waals surface area contributed by atoms with Crippen LogP contribution in [0.25, 0.3) is 0 Å². The molecule has 0 heterocycles. The molecule has 1 aromatic rings. The van der Waals surface area contributed by atoms with E-state index in [0.717, 1.165) is 5.56 Å².